The van der Waals surface area contributed by atoms with Gasteiger partial charge in [-0.15, -0.1) is 5.10 Å². The number of likely N-dealkylation sites (N-methyl/N-ethyl adjacent to an activating group) is 1. The van der Waals surface area contributed by atoms with Crippen molar-refractivity contribution in [2.45, 2.75) is 38.3 Å². The molecule has 1 amide bonds. The highest BCUT2D eigenvalue weighted by Gasteiger charge is 2.26. The predicted octanol–water partition coefficient (Wildman–Crippen LogP) is 1.97. The Labute approximate surface area is 173 Å². The number of esters is 1. The van der Waals surface area contributed by atoms with Crippen LogP contribution in [0.3, 0.4) is 0 Å². The minimum absolute atomic E-state index is 0.00213. The van der Waals surface area contributed by atoms with Gasteiger partial charge in [-0.1, -0.05) is 30.3 Å². The molecular weight excluding hydrogens is 384 g/mol. The summed E-state index contributed by atoms with van der Waals surface area (Å²) >= 11 is 0. The van der Waals surface area contributed by atoms with E-state index >= 15 is 0 Å². The number of aromatic nitrogens is 3. The van der Waals surface area contributed by atoms with Crippen molar-refractivity contribution in [1.29, 1.82) is 0 Å². The molecule has 8 nitrogen and oxygen atoms in total. The van der Waals surface area contributed by atoms with Crippen LogP contribution in [-0.4, -0.2) is 44.6 Å². The van der Waals surface area contributed by atoms with Crippen LogP contribution in [0.1, 0.15) is 36.4 Å². The van der Waals surface area contributed by atoms with Crippen LogP contribution in [0.15, 0.2) is 53.5 Å². The third-order valence-electron chi connectivity index (χ3n) is 5.57. The summed E-state index contributed by atoms with van der Waals surface area (Å²) in [5.74, 6) is -0.778. The Morgan fingerprint density at radius 1 is 1.20 bits per heavy atom. The predicted molar refractivity (Wildman–Crippen MR) is 110 cm³/mol. The number of benzene rings is 1. The lowest BCUT2D eigenvalue weighted by atomic mass is 9.87. The number of amides is 1. The minimum Gasteiger partial charge on any atom is -0.456 e. The maximum absolute atomic E-state index is 12.6. The van der Waals surface area contributed by atoms with E-state index in [1.54, 1.807) is 36.3 Å². The van der Waals surface area contributed by atoms with E-state index in [1.807, 2.05) is 12.1 Å². The summed E-state index contributed by atoms with van der Waals surface area (Å²) in [6, 6.07) is 13.4. The van der Waals surface area contributed by atoms with E-state index in [0.717, 1.165) is 24.8 Å². The van der Waals surface area contributed by atoms with E-state index in [4.69, 9.17) is 4.74 Å². The molecule has 0 saturated carbocycles. The van der Waals surface area contributed by atoms with Gasteiger partial charge in [-0.2, -0.15) is 0 Å². The average Bonchev–Trinajstić information content (AvgIpc) is 3.10. The average molecular weight is 408 g/mol. The summed E-state index contributed by atoms with van der Waals surface area (Å²) in [5, 5.41) is 4.17. The van der Waals surface area contributed by atoms with Gasteiger partial charge in [-0.25, -0.2) is 9.48 Å². The molecule has 0 N–H and O–H groups in total. The number of aryl methyl sites for hydroxylation is 2. The number of hydrogen-bond donors (Lipinski definition) is 0. The molecule has 0 saturated heterocycles. The molecule has 1 aromatic carbocycles. The number of fused-ring (bicyclic) bond motifs is 2. The van der Waals surface area contributed by atoms with Crippen molar-refractivity contribution < 1.29 is 14.3 Å². The van der Waals surface area contributed by atoms with Gasteiger partial charge in [0.1, 0.15) is 0 Å². The molecular formula is C22H24N4O4. The van der Waals surface area contributed by atoms with Gasteiger partial charge in [0.05, 0.1) is 19.0 Å². The smallest absolute Gasteiger partial charge is 0.350 e. The molecule has 1 unspecified atom stereocenters. The number of nitrogens with zero attached hydrogens (tertiary/aromatic N) is 4. The third kappa shape index (κ3) is 3.98. The molecule has 1 aliphatic rings. The SMILES string of the molecule is CN(C(=O)COC(=O)CCn1nc2ccccn2c1=O)C1CCCc2ccccc21. The first-order valence-corrected chi connectivity index (χ1v) is 10.1. The molecule has 1 aliphatic carbocycles. The second-order valence-electron chi connectivity index (χ2n) is 7.46. The maximum atomic E-state index is 12.6. The summed E-state index contributed by atoms with van der Waals surface area (Å²) in [4.78, 5) is 38.6. The Kier molecular flexibility index (Phi) is 5.65. The first kappa shape index (κ1) is 19.9. The van der Waals surface area contributed by atoms with Crippen molar-refractivity contribution >= 4 is 17.5 Å². The quantitative estimate of drug-likeness (QED) is 0.582. The molecule has 0 aliphatic heterocycles. The van der Waals surface area contributed by atoms with Crippen LogP contribution >= 0.6 is 0 Å². The van der Waals surface area contributed by atoms with Gasteiger partial charge < -0.3 is 9.64 Å². The van der Waals surface area contributed by atoms with Gasteiger partial charge in [0.2, 0.25) is 0 Å². The lowest BCUT2D eigenvalue weighted by Crippen LogP contribution is -2.36. The van der Waals surface area contributed by atoms with E-state index < -0.39 is 5.97 Å². The molecule has 4 rings (SSSR count). The van der Waals surface area contributed by atoms with Crippen LogP contribution in [0.5, 0.6) is 0 Å². The number of rotatable bonds is 6. The van der Waals surface area contributed by atoms with Crippen molar-refractivity contribution in [3.8, 4) is 0 Å². The largest absolute Gasteiger partial charge is 0.456 e. The third-order valence-corrected chi connectivity index (χ3v) is 5.57. The van der Waals surface area contributed by atoms with E-state index in [1.165, 1.54) is 14.6 Å². The van der Waals surface area contributed by atoms with Crippen molar-refractivity contribution in [3.63, 3.8) is 0 Å². The molecule has 2 aromatic heterocycles. The fraction of sp³-hybridized carbons (Fsp3) is 0.364. The molecule has 8 heteroatoms. The highest BCUT2D eigenvalue weighted by Crippen LogP contribution is 2.33. The lowest BCUT2D eigenvalue weighted by Gasteiger charge is -2.33. The number of hydrogen-bond acceptors (Lipinski definition) is 5. The zero-order chi connectivity index (χ0) is 21.1. The van der Waals surface area contributed by atoms with Crippen LogP contribution in [-0.2, 0) is 27.3 Å². The van der Waals surface area contributed by atoms with Gasteiger partial charge >= 0.3 is 11.7 Å². The van der Waals surface area contributed by atoms with Crippen molar-refractivity contribution in [2.24, 2.45) is 0 Å². The Morgan fingerprint density at radius 3 is 2.83 bits per heavy atom. The standard InChI is InChI=1S/C22H24N4O4/c1-24(18-10-6-8-16-7-2-3-9-17(16)18)20(27)15-30-21(28)12-14-26-22(29)25-13-5-4-11-19(25)23-26/h2-5,7,9,11,13,18H,6,8,10,12,14-15H2,1H3. The van der Waals surface area contributed by atoms with E-state index in [2.05, 4.69) is 17.2 Å². The molecule has 1 atom stereocenters. The first-order chi connectivity index (χ1) is 14.5. The Morgan fingerprint density at radius 2 is 2.00 bits per heavy atom. The molecule has 30 heavy (non-hydrogen) atoms. The summed E-state index contributed by atoms with van der Waals surface area (Å²) < 4.78 is 7.79. The topological polar surface area (TPSA) is 85.9 Å². The molecule has 0 spiro atoms. The highest BCUT2D eigenvalue weighted by atomic mass is 16.5. The van der Waals surface area contributed by atoms with Crippen LogP contribution in [0.4, 0.5) is 0 Å². The number of ether oxygens (including phenoxy) is 1. The Hall–Kier alpha value is -3.42. The van der Waals surface area contributed by atoms with Gasteiger partial charge in [-0.3, -0.25) is 14.0 Å². The van der Waals surface area contributed by atoms with E-state index in [9.17, 15) is 14.4 Å². The molecule has 0 fully saturated rings. The number of carbonyl (C=O) groups excluding carboxylic acids is 2. The fourth-order valence-electron chi connectivity index (χ4n) is 3.93. The van der Waals surface area contributed by atoms with Crippen LogP contribution in [0.2, 0.25) is 0 Å². The van der Waals surface area contributed by atoms with Crippen LogP contribution in [0, 0.1) is 0 Å². The second kappa shape index (κ2) is 8.52. The zero-order valence-electron chi connectivity index (χ0n) is 16.9. The summed E-state index contributed by atoms with van der Waals surface area (Å²) in [6.45, 7) is -0.215. The van der Waals surface area contributed by atoms with E-state index in [0.29, 0.717) is 5.65 Å². The maximum Gasteiger partial charge on any atom is 0.350 e. The van der Waals surface area contributed by atoms with Crippen LogP contribution < -0.4 is 5.69 Å². The normalized spacial score (nSPS) is 15.6. The summed E-state index contributed by atoms with van der Waals surface area (Å²) in [7, 11) is 1.75. The van der Waals surface area contributed by atoms with Crippen molar-refractivity contribution in [1.82, 2.24) is 19.1 Å². The highest BCUT2D eigenvalue weighted by molar-refractivity contribution is 5.80. The number of pyridine rings is 1. The monoisotopic (exact) mass is 408 g/mol. The van der Waals surface area contributed by atoms with Crippen LogP contribution in [0.25, 0.3) is 5.65 Å². The number of carbonyl (C=O) groups is 2. The lowest BCUT2D eigenvalue weighted by molar-refractivity contribution is -0.152. The summed E-state index contributed by atoms with van der Waals surface area (Å²) in [5.41, 5.74) is 2.63. The molecule has 2 heterocycles. The van der Waals surface area contributed by atoms with Crippen molar-refractivity contribution in [2.75, 3.05) is 13.7 Å². The zero-order valence-corrected chi connectivity index (χ0v) is 16.9. The van der Waals surface area contributed by atoms with Gasteiger partial charge in [0.25, 0.3) is 5.91 Å². The molecule has 0 radical (unpaired) electrons. The fourth-order valence-corrected chi connectivity index (χ4v) is 3.93. The summed E-state index contributed by atoms with van der Waals surface area (Å²) in [6.07, 6.45) is 4.52. The van der Waals surface area contributed by atoms with Gasteiger partial charge in [0.15, 0.2) is 12.3 Å². The molecule has 3 aromatic rings. The van der Waals surface area contributed by atoms with Gasteiger partial charge in [0, 0.05) is 13.2 Å². The Balaban J connectivity index is 1.31. The van der Waals surface area contributed by atoms with Gasteiger partial charge in [-0.05, 0) is 42.5 Å². The molecule has 0 bridgehead atoms. The molecule has 156 valence electrons. The first-order valence-electron chi connectivity index (χ1n) is 10.1. The second-order valence-corrected chi connectivity index (χ2v) is 7.46. The Bertz CT molecular complexity index is 1130. The van der Waals surface area contributed by atoms with Crippen molar-refractivity contribution in [3.05, 3.63) is 70.3 Å². The minimum atomic E-state index is -0.537. The van der Waals surface area contributed by atoms with E-state index in [-0.39, 0.29) is 37.2 Å².